The molecule has 6 nitrogen and oxygen atoms in total. The van der Waals surface area contributed by atoms with Gasteiger partial charge in [0.25, 0.3) is 5.91 Å². The number of amides is 2. The highest BCUT2D eigenvalue weighted by molar-refractivity contribution is 8.23. The van der Waals surface area contributed by atoms with Crippen molar-refractivity contribution in [2.45, 2.75) is 6.42 Å². The standard InChI is InChI=1S/C19H18N2O4S2/c22-16(20-8-9-21-17(23)12-27-19(21)26)11-25-18(24)10-14-6-3-5-13-4-1-2-7-15(13)14/h1-7H,8-12H2,(H,20,22). The fraction of sp³-hybridized carbons (Fsp3) is 0.263. The van der Waals surface area contributed by atoms with Crippen molar-refractivity contribution in [3.8, 4) is 0 Å². The topological polar surface area (TPSA) is 75.7 Å². The van der Waals surface area contributed by atoms with Gasteiger partial charge < -0.3 is 10.1 Å². The van der Waals surface area contributed by atoms with Crippen molar-refractivity contribution in [1.29, 1.82) is 0 Å². The minimum Gasteiger partial charge on any atom is -0.455 e. The molecular weight excluding hydrogens is 384 g/mol. The molecule has 1 N–H and O–H groups in total. The number of benzene rings is 2. The first-order valence-electron chi connectivity index (χ1n) is 8.40. The quantitative estimate of drug-likeness (QED) is 0.563. The third-order valence-corrected chi connectivity index (χ3v) is 5.51. The van der Waals surface area contributed by atoms with E-state index in [1.165, 1.54) is 16.7 Å². The van der Waals surface area contributed by atoms with Gasteiger partial charge in [-0.25, -0.2) is 0 Å². The van der Waals surface area contributed by atoms with Crippen molar-refractivity contribution < 1.29 is 19.1 Å². The minimum atomic E-state index is -0.464. The number of ether oxygens (including phenoxy) is 1. The smallest absolute Gasteiger partial charge is 0.310 e. The highest BCUT2D eigenvalue weighted by Gasteiger charge is 2.25. The van der Waals surface area contributed by atoms with Gasteiger partial charge in [0.05, 0.1) is 12.2 Å². The van der Waals surface area contributed by atoms with Crippen LogP contribution in [0.4, 0.5) is 0 Å². The Labute approximate surface area is 166 Å². The Morgan fingerprint density at radius 1 is 1.19 bits per heavy atom. The number of hydrogen-bond donors (Lipinski definition) is 1. The summed E-state index contributed by atoms with van der Waals surface area (Å²) in [4.78, 5) is 36.9. The minimum absolute atomic E-state index is 0.0548. The van der Waals surface area contributed by atoms with Gasteiger partial charge in [-0.15, -0.1) is 0 Å². The van der Waals surface area contributed by atoms with Crippen LogP contribution in [0.1, 0.15) is 5.56 Å². The molecule has 0 aliphatic carbocycles. The summed E-state index contributed by atoms with van der Waals surface area (Å²) in [5.74, 6) is -0.584. The molecule has 1 heterocycles. The van der Waals surface area contributed by atoms with E-state index >= 15 is 0 Å². The van der Waals surface area contributed by atoms with Crippen molar-refractivity contribution in [3.63, 3.8) is 0 Å². The molecule has 0 bridgehead atoms. The summed E-state index contributed by atoms with van der Waals surface area (Å²) in [7, 11) is 0. The molecule has 2 amide bonds. The van der Waals surface area contributed by atoms with Gasteiger partial charge in [-0.1, -0.05) is 66.4 Å². The van der Waals surface area contributed by atoms with Gasteiger partial charge >= 0.3 is 5.97 Å². The van der Waals surface area contributed by atoms with Crippen LogP contribution in [-0.4, -0.2) is 52.5 Å². The van der Waals surface area contributed by atoms with E-state index in [9.17, 15) is 14.4 Å². The van der Waals surface area contributed by atoms with E-state index in [-0.39, 0.29) is 25.5 Å². The lowest BCUT2D eigenvalue weighted by atomic mass is 10.0. The first kappa shape index (κ1) is 19.3. The van der Waals surface area contributed by atoms with E-state index in [0.29, 0.717) is 16.6 Å². The summed E-state index contributed by atoms with van der Waals surface area (Å²) >= 11 is 6.38. The third kappa shape index (κ3) is 5.05. The van der Waals surface area contributed by atoms with Crippen molar-refractivity contribution >= 4 is 56.9 Å². The summed E-state index contributed by atoms with van der Waals surface area (Å²) < 4.78 is 5.58. The molecule has 1 aliphatic heterocycles. The first-order chi connectivity index (χ1) is 13.0. The van der Waals surface area contributed by atoms with Crippen LogP contribution in [-0.2, 0) is 25.5 Å². The van der Waals surface area contributed by atoms with E-state index in [1.807, 2.05) is 42.5 Å². The lowest BCUT2D eigenvalue weighted by molar-refractivity contribution is -0.147. The van der Waals surface area contributed by atoms with E-state index in [0.717, 1.165) is 16.3 Å². The molecule has 0 atom stereocenters. The summed E-state index contributed by atoms with van der Waals surface area (Å²) in [5, 5.41) is 4.66. The van der Waals surface area contributed by atoms with Crippen LogP contribution in [0, 0.1) is 0 Å². The SMILES string of the molecule is O=C(COC(=O)Cc1cccc2ccccc12)NCCN1C(=O)CSC1=S. The van der Waals surface area contributed by atoms with Crippen LogP contribution in [0.15, 0.2) is 42.5 Å². The van der Waals surface area contributed by atoms with Crippen LogP contribution in [0.3, 0.4) is 0 Å². The van der Waals surface area contributed by atoms with Crippen LogP contribution in [0.25, 0.3) is 10.8 Å². The van der Waals surface area contributed by atoms with Crippen LogP contribution >= 0.6 is 24.0 Å². The van der Waals surface area contributed by atoms with Crippen LogP contribution < -0.4 is 5.32 Å². The monoisotopic (exact) mass is 402 g/mol. The average molecular weight is 402 g/mol. The van der Waals surface area contributed by atoms with Gasteiger partial charge in [0, 0.05) is 13.1 Å². The molecular formula is C19H18N2O4S2. The zero-order valence-electron chi connectivity index (χ0n) is 14.5. The second-order valence-corrected chi connectivity index (χ2v) is 7.53. The highest BCUT2D eigenvalue weighted by atomic mass is 32.2. The summed E-state index contributed by atoms with van der Waals surface area (Å²) in [6.45, 7) is 0.225. The van der Waals surface area contributed by atoms with Crippen molar-refractivity contribution in [2.24, 2.45) is 0 Å². The maximum Gasteiger partial charge on any atom is 0.310 e. The Balaban J connectivity index is 1.43. The number of fused-ring (bicyclic) bond motifs is 1. The number of rotatable bonds is 7. The number of thiocarbonyl (C=S) groups is 1. The molecule has 3 rings (SSSR count). The van der Waals surface area contributed by atoms with Gasteiger partial charge in [-0.05, 0) is 16.3 Å². The normalized spacial score (nSPS) is 13.9. The fourth-order valence-electron chi connectivity index (χ4n) is 2.75. The maximum atomic E-state index is 12.1. The second-order valence-electron chi connectivity index (χ2n) is 5.93. The number of thioether (sulfide) groups is 1. The van der Waals surface area contributed by atoms with Crippen molar-refractivity contribution in [1.82, 2.24) is 10.2 Å². The zero-order chi connectivity index (χ0) is 19.2. The highest BCUT2D eigenvalue weighted by Crippen LogP contribution is 2.19. The molecule has 1 aliphatic rings. The molecule has 0 aromatic heterocycles. The van der Waals surface area contributed by atoms with Gasteiger partial charge in [-0.2, -0.15) is 0 Å². The Kier molecular flexibility index (Phi) is 6.41. The molecule has 1 fully saturated rings. The van der Waals surface area contributed by atoms with E-state index in [2.05, 4.69) is 5.32 Å². The van der Waals surface area contributed by atoms with E-state index in [4.69, 9.17) is 17.0 Å². The van der Waals surface area contributed by atoms with E-state index < -0.39 is 11.9 Å². The number of nitrogens with one attached hydrogen (secondary N) is 1. The van der Waals surface area contributed by atoms with Crippen molar-refractivity contribution in [3.05, 3.63) is 48.0 Å². The van der Waals surface area contributed by atoms with E-state index in [1.54, 1.807) is 0 Å². The predicted octanol–water partition coefficient (Wildman–Crippen LogP) is 1.90. The number of hydrogen-bond acceptors (Lipinski definition) is 6. The maximum absolute atomic E-state index is 12.1. The Morgan fingerprint density at radius 3 is 2.74 bits per heavy atom. The molecule has 0 spiro atoms. The summed E-state index contributed by atoms with van der Waals surface area (Å²) in [6.07, 6.45) is 0.0996. The van der Waals surface area contributed by atoms with Gasteiger partial charge in [-0.3, -0.25) is 19.3 Å². The molecule has 0 unspecified atom stereocenters. The van der Waals surface area contributed by atoms with Crippen LogP contribution in [0.2, 0.25) is 0 Å². The molecule has 8 heteroatoms. The number of esters is 1. The molecule has 2 aromatic rings. The molecule has 1 saturated heterocycles. The Morgan fingerprint density at radius 2 is 1.96 bits per heavy atom. The Bertz CT molecular complexity index is 879. The molecule has 2 aromatic carbocycles. The lowest BCUT2D eigenvalue weighted by Crippen LogP contribution is -2.38. The molecule has 0 radical (unpaired) electrons. The summed E-state index contributed by atoms with van der Waals surface area (Å²) in [6, 6.07) is 13.5. The lowest BCUT2D eigenvalue weighted by Gasteiger charge is -2.15. The molecule has 0 saturated carbocycles. The fourth-order valence-corrected chi connectivity index (χ4v) is 3.88. The average Bonchev–Trinajstić information content (AvgIpc) is 2.99. The molecule has 140 valence electrons. The van der Waals surface area contributed by atoms with Crippen LogP contribution in [0.5, 0.6) is 0 Å². The summed E-state index contributed by atoms with van der Waals surface area (Å²) in [5.41, 5.74) is 0.858. The Hall–Kier alpha value is -2.45. The van der Waals surface area contributed by atoms with Crippen molar-refractivity contribution in [2.75, 3.05) is 25.4 Å². The zero-order valence-corrected chi connectivity index (χ0v) is 16.1. The van der Waals surface area contributed by atoms with Gasteiger partial charge in [0.1, 0.15) is 4.32 Å². The van der Waals surface area contributed by atoms with Gasteiger partial charge in [0.2, 0.25) is 5.91 Å². The number of carbonyl (C=O) groups excluding carboxylic acids is 3. The predicted molar refractivity (Wildman–Crippen MR) is 108 cm³/mol. The second kappa shape index (κ2) is 8.96. The number of nitrogens with zero attached hydrogens (tertiary/aromatic N) is 1. The largest absolute Gasteiger partial charge is 0.455 e. The third-order valence-electron chi connectivity index (χ3n) is 4.08. The van der Waals surface area contributed by atoms with Gasteiger partial charge in [0.15, 0.2) is 6.61 Å². The first-order valence-corrected chi connectivity index (χ1v) is 9.80. The molecule has 27 heavy (non-hydrogen) atoms. The number of carbonyl (C=O) groups is 3.